The fourth-order valence-corrected chi connectivity index (χ4v) is 2.08. The zero-order chi connectivity index (χ0) is 14.8. The fourth-order valence-electron chi connectivity index (χ4n) is 2.08. The predicted molar refractivity (Wildman–Crippen MR) is 81.3 cm³/mol. The van der Waals surface area contributed by atoms with Gasteiger partial charge in [-0.15, -0.1) is 0 Å². The summed E-state index contributed by atoms with van der Waals surface area (Å²) in [5, 5.41) is 15.5. The normalized spacial score (nSPS) is 11.3. The summed E-state index contributed by atoms with van der Waals surface area (Å²) in [4.78, 5) is 11.7. The molecule has 0 aromatic heterocycles. The molecule has 112 valence electrons. The van der Waals surface area contributed by atoms with Gasteiger partial charge in [-0.05, 0) is 18.4 Å². The molecular weight excluding hydrogens is 252 g/mol. The molecule has 4 nitrogen and oxygen atoms in total. The van der Waals surface area contributed by atoms with Gasteiger partial charge in [0.1, 0.15) is 0 Å². The molecule has 0 fully saturated rings. The second-order valence-corrected chi connectivity index (χ2v) is 5.23. The average molecular weight is 278 g/mol. The van der Waals surface area contributed by atoms with Crippen LogP contribution in [0.3, 0.4) is 0 Å². The molecule has 4 heteroatoms. The van der Waals surface area contributed by atoms with E-state index in [1.165, 1.54) is 0 Å². The standard InChI is InChI=1S/C16H26N2O2/c1-3-16(4-2,13-19)12-17-11-15(20)18-10-14-8-6-5-7-9-14/h5-9,17,19H,3-4,10-13H2,1-2H3,(H,18,20). The molecule has 0 aliphatic rings. The first-order valence-corrected chi connectivity index (χ1v) is 7.28. The molecule has 1 aromatic carbocycles. The van der Waals surface area contributed by atoms with Gasteiger partial charge in [0, 0.05) is 25.1 Å². The van der Waals surface area contributed by atoms with Gasteiger partial charge in [-0.1, -0.05) is 44.2 Å². The Morgan fingerprint density at radius 2 is 1.85 bits per heavy atom. The van der Waals surface area contributed by atoms with Crippen molar-refractivity contribution in [2.75, 3.05) is 19.7 Å². The van der Waals surface area contributed by atoms with Crippen LogP contribution in [0.4, 0.5) is 0 Å². The Morgan fingerprint density at radius 3 is 2.40 bits per heavy atom. The lowest BCUT2D eigenvalue weighted by molar-refractivity contribution is -0.120. The summed E-state index contributed by atoms with van der Waals surface area (Å²) in [5.41, 5.74) is 0.979. The molecule has 20 heavy (non-hydrogen) atoms. The Bertz CT molecular complexity index is 380. The summed E-state index contributed by atoms with van der Waals surface area (Å²) < 4.78 is 0. The molecule has 0 saturated carbocycles. The number of hydrogen-bond donors (Lipinski definition) is 3. The number of rotatable bonds is 9. The van der Waals surface area contributed by atoms with Crippen LogP contribution in [0, 0.1) is 5.41 Å². The van der Waals surface area contributed by atoms with Crippen LogP contribution in [0.2, 0.25) is 0 Å². The van der Waals surface area contributed by atoms with Gasteiger partial charge >= 0.3 is 0 Å². The number of nitrogens with one attached hydrogen (secondary N) is 2. The second-order valence-electron chi connectivity index (χ2n) is 5.23. The highest BCUT2D eigenvalue weighted by Crippen LogP contribution is 2.24. The van der Waals surface area contributed by atoms with Crippen molar-refractivity contribution in [3.63, 3.8) is 0 Å². The zero-order valence-corrected chi connectivity index (χ0v) is 12.5. The smallest absolute Gasteiger partial charge is 0.234 e. The van der Waals surface area contributed by atoms with E-state index in [2.05, 4.69) is 24.5 Å². The maximum absolute atomic E-state index is 11.7. The summed E-state index contributed by atoms with van der Waals surface area (Å²) in [5.74, 6) is -0.0205. The van der Waals surface area contributed by atoms with Crippen molar-refractivity contribution in [3.8, 4) is 0 Å². The van der Waals surface area contributed by atoms with Crippen molar-refractivity contribution in [1.29, 1.82) is 0 Å². The molecule has 3 N–H and O–H groups in total. The number of benzene rings is 1. The maximum Gasteiger partial charge on any atom is 0.234 e. The molecule has 0 heterocycles. The summed E-state index contributed by atoms with van der Waals surface area (Å²) >= 11 is 0. The van der Waals surface area contributed by atoms with E-state index in [0.29, 0.717) is 13.1 Å². The van der Waals surface area contributed by atoms with Crippen LogP contribution < -0.4 is 10.6 Å². The van der Waals surface area contributed by atoms with Gasteiger partial charge in [0.05, 0.1) is 6.54 Å². The molecule has 0 spiro atoms. The number of aliphatic hydroxyl groups excluding tert-OH is 1. The third-order valence-corrected chi connectivity index (χ3v) is 3.95. The van der Waals surface area contributed by atoms with Crippen molar-refractivity contribution >= 4 is 5.91 Å². The molecule has 0 aliphatic carbocycles. The Labute approximate surface area is 121 Å². The van der Waals surface area contributed by atoms with Gasteiger partial charge < -0.3 is 15.7 Å². The van der Waals surface area contributed by atoms with Gasteiger partial charge in [-0.3, -0.25) is 4.79 Å². The lowest BCUT2D eigenvalue weighted by Gasteiger charge is -2.29. The molecule has 0 radical (unpaired) electrons. The van der Waals surface area contributed by atoms with Crippen molar-refractivity contribution in [1.82, 2.24) is 10.6 Å². The zero-order valence-electron chi connectivity index (χ0n) is 12.5. The van der Waals surface area contributed by atoms with E-state index >= 15 is 0 Å². The van der Waals surface area contributed by atoms with Crippen LogP contribution in [-0.2, 0) is 11.3 Å². The summed E-state index contributed by atoms with van der Waals surface area (Å²) in [7, 11) is 0. The van der Waals surface area contributed by atoms with E-state index in [1.54, 1.807) is 0 Å². The van der Waals surface area contributed by atoms with Crippen molar-refractivity contribution in [2.45, 2.75) is 33.2 Å². The van der Waals surface area contributed by atoms with Crippen LogP contribution in [0.25, 0.3) is 0 Å². The molecular formula is C16H26N2O2. The first-order chi connectivity index (χ1) is 9.65. The Kier molecular flexibility index (Phi) is 7.26. The minimum Gasteiger partial charge on any atom is -0.396 e. The van der Waals surface area contributed by atoms with Gasteiger partial charge in [-0.25, -0.2) is 0 Å². The highest BCUT2D eigenvalue weighted by molar-refractivity contribution is 5.77. The first-order valence-electron chi connectivity index (χ1n) is 7.28. The Hall–Kier alpha value is -1.39. The third-order valence-electron chi connectivity index (χ3n) is 3.95. The third kappa shape index (κ3) is 5.31. The average Bonchev–Trinajstić information content (AvgIpc) is 2.51. The van der Waals surface area contributed by atoms with E-state index in [0.717, 1.165) is 18.4 Å². The molecule has 0 bridgehead atoms. The predicted octanol–water partition coefficient (Wildman–Crippen LogP) is 1.69. The van der Waals surface area contributed by atoms with Crippen LogP contribution >= 0.6 is 0 Å². The number of aliphatic hydroxyl groups is 1. The van der Waals surface area contributed by atoms with Crippen LogP contribution in [0.1, 0.15) is 32.3 Å². The fraction of sp³-hybridized carbons (Fsp3) is 0.562. The van der Waals surface area contributed by atoms with E-state index in [1.807, 2.05) is 30.3 Å². The molecule has 1 amide bonds. The van der Waals surface area contributed by atoms with E-state index in [9.17, 15) is 9.90 Å². The minimum absolute atomic E-state index is 0.0205. The largest absolute Gasteiger partial charge is 0.396 e. The molecule has 1 rings (SSSR count). The Balaban J connectivity index is 2.26. The monoisotopic (exact) mass is 278 g/mol. The van der Waals surface area contributed by atoms with Crippen LogP contribution in [-0.4, -0.2) is 30.7 Å². The number of amides is 1. The van der Waals surface area contributed by atoms with E-state index in [4.69, 9.17) is 0 Å². The highest BCUT2D eigenvalue weighted by Gasteiger charge is 2.24. The Morgan fingerprint density at radius 1 is 1.20 bits per heavy atom. The molecule has 1 aromatic rings. The van der Waals surface area contributed by atoms with Crippen LogP contribution in [0.15, 0.2) is 30.3 Å². The first kappa shape index (κ1) is 16.7. The summed E-state index contributed by atoms with van der Waals surface area (Å²) in [6.07, 6.45) is 1.80. The van der Waals surface area contributed by atoms with E-state index in [-0.39, 0.29) is 24.5 Å². The number of carbonyl (C=O) groups excluding carboxylic acids is 1. The SMILES string of the molecule is CCC(CC)(CO)CNCC(=O)NCc1ccccc1. The summed E-state index contributed by atoms with van der Waals surface area (Å²) in [6.45, 7) is 5.78. The van der Waals surface area contributed by atoms with Crippen molar-refractivity contribution in [3.05, 3.63) is 35.9 Å². The molecule has 0 unspecified atom stereocenters. The highest BCUT2D eigenvalue weighted by atomic mass is 16.3. The van der Waals surface area contributed by atoms with Gasteiger partial charge in [0.2, 0.25) is 5.91 Å². The molecule has 0 atom stereocenters. The minimum atomic E-state index is -0.111. The number of carbonyl (C=O) groups is 1. The number of hydrogen-bond acceptors (Lipinski definition) is 3. The lowest BCUT2D eigenvalue weighted by atomic mass is 9.83. The topological polar surface area (TPSA) is 61.4 Å². The maximum atomic E-state index is 11.7. The van der Waals surface area contributed by atoms with E-state index < -0.39 is 0 Å². The van der Waals surface area contributed by atoms with Crippen molar-refractivity contribution in [2.24, 2.45) is 5.41 Å². The second kappa shape index (κ2) is 8.72. The van der Waals surface area contributed by atoms with Crippen LogP contribution in [0.5, 0.6) is 0 Å². The molecule has 0 aliphatic heterocycles. The lowest BCUT2D eigenvalue weighted by Crippen LogP contribution is -2.41. The quantitative estimate of drug-likeness (QED) is 0.644. The van der Waals surface area contributed by atoms with Gasteiger partial charge in [0.25, 0.3) is 0 Å². The van der Waals surface area contributed by atoms with Gasteiger partial charge in [-0.2, -0.15) is 0 Å². The van der Waals surface area contributed by atoms with Crippen molar-refractivity contribution < 1.29 is 9.90 Å². The molecule has 0 saturated heterocycles. The van der Waals surface area contributed by atoms with Gasteiger partial charge in [0.15, 0.2) is 0 Å². The summed E-state index contributed by atoms with van der Waals surface area (Å²) in [6, 6.07) is 9.84.